The summed E-state index contributed by atoms with van der Waals surface area (Å²) in [6, 6.07) is -0.251. The summed E-state index contributed by atoms with van der Waals surface area (Å²) in [5.41, 5.74) is 0. The van der Waals surface area contributed by atoms with Gasteiger partial charge in [-0.3, -0.25) is 0 Å². The number of nitrogens with one attached hydrogen (secondary N) is 1. The molecule has 2 saturated heterocycles. The minimum absolute atomic E-state index is 0.0304. The molecule has 3 atom stereocenters. The van der Waals surface area contributed by atoms with E-state index in [2.05, 4.69) is 5.32 Å². The first-order valence-electron chi connectivity index (χ1n) is 6.04. The molecule has 2 bridgehead atoms. The van der Waals surface area contributed by atoms with Crippen LogP contribution in [0, 0.1) is 0 Å². The van der Waals surface area contributed by atoms with Crippen molar-refractivity contribution < 1.29 is 24.2 Å². The maximum atomic E-state index is 11.9. The second-order valence-corrected chi connectivity index (χ2v) is 4.61. The van der Waals surface area contributed by atoms with Crippen LogP contribution in [0.25, 0.3) is 0 Å². The number of hydrogen-bond acceptors (Lipinski definition) is 4. The van der Waals surface area contributed by atoms with Crippen LogP contribution in [0.4, 0.5) is 4.79 Å². The fraction of sp³-hybridized carbons (Fsp3) is 0.818. The van der Waals surface area contributed by atoms with Crippen LogP contribution in [0.1, 0.15) is 12.8 Å². The standard InChI is InChI=1S/C11H18N2O5/c1-17-9(10(14)15)4-12-11(16)13-5-7-2-3-8(6-13)18-7/h7-9H,2-6H2,1H3,(H,12,16)(H,14,15). The second kappa shape index (κ2) is 5.53. The van der Waals surface area contributed by atoms with Crippen LogP contribution in [0.2, 0.25) is 0 Å². The van der Waals surface area contributed by atoms with Crippen LogP contribution in [-0.4, -0.2) is 67.1 Å². The van der Waals surface area contributed by atoms with E-state index >= 15 is 0 Å². The average molecular weight is 258 g/mol. The predicted octanol–water partition coefficient (Wildman–Crippen LogP) is -0.341. The first-order chi connectivity index (χ1) is 8.60. The lowest BCUT2D eigenvalue weighted by Crippen LogP contribution is -2.51. The quantitative estimate of drug-likeness (QED) is 0.720. The summed E-state index contributed by atoms with van der Waals surface area (Å²) in [5, 5.41) is 11.4. The largest absolute Gasteiger partial charge is 0.479 e. The van der Waals surface area contributed by atoms with Crippen molar-refractivity contribution >= 4 is 12.0 Å². The number of morpholine rings is 1. The van der Waals surface area contributed by atoms with Crippen LogP contribution in [-0.2, 0) is 14.3 Å². The van der Waals surface area contributed by atoms with Gasteiger partial charge in [-0.15, -0.1) is 0 Å². The van der Waals surface area contributed by atoms with Crippen molar-refractivity contribution in [2.24, 2.45) is 0 Å². The number of amides is 2. The Morgan fingerprint density at radius 3 is 2.56 bits per heavy atom. The summed E-state index contributed by atoms with van der Waals surface area (Å²) in [6.45, 7) is 1.12. The van der Waals surface area contributed by atoms with E-state index in [4.69, 9.17) is 14.6 Å². The number of likely N-dealkylation sites (tertiary alicyclic amines) is 1. The highest BCUT2D eigenvalue weighted by Gasteiger charge is 2.35. The average Bonchev–Trinajstić information content (AvgIpc) is 2.68. The SMILES string of the molecule is COC(CNC(=O)N1CC2CCC(C1)O2)C(=O)O. The minimum Gasteiger partial charge on any atom is -0.479 e. The summed E-state index contributed by atoms with van der Waals surface area (Å²) in [7, 11) is 1.31. The highest BCUT2D eigenvalue weighted by atomic mass is 16.5. The summed E-state index contributed by atoms with van der Waals surface area (Å²) in [6.07, 6.45) is 1.24. The Kier molecular flexibility index (Phi) is 4.03. The topological polar surface area (TPSA) is 88.1 Å². The number of carbonyl (C=O) groups is 2. The molecule has 0 aromatic carbocycles. The molecule has 3 unspecified atom stereocenters. The van der Waals surface area contributed by atoms with E-state index in [1.54, 1.807) is 4.90 Å². The minimum atomic E-state index is -1.08. The van der Waals surface area contributed by atoms with Gasteiger partial charge in [0, 0.05) is 20.2 Å². The Bertz CT molecular complexity index is 323. The van der Waals surface area contributed by atoms with Gasteiger partial charge < -0.3 is 24.8 Å². The fourth-order valence-electron chi connectivity index (χ4n) is 2.34. The monoisotopic (exact) mass is 258 g/mol. The Morgan fingerprint density at radius 1 is 1.44 bits per heavy atom. The van der Waals surface area contributed by atoms with Crippen molar-refractivity contribution in [2.75, 3.05) is 26.7 Å². The Balaban J connectivity index is 1.79. The Morgan fingerprint density at radius 2 is 2.06 bits per heavy atom. The van der Waals surface area contributed by atoms with Gasteiger partial charge in [-0.25, -0.2) is 9.59 Å². The molecule has 0 radical (unpaired) electrons. The molecule has 7 heteroatoms. The lowest BCUT2D eigenvalue weighted by Gasteiger charge is -2.32. The van der Waals surface area contributed by atoms with Crippen molar-refractivity contribution in [1.82, 2.24) is 10.2 Å². The maximum absolute atomic E-state index is 11.9. The van der Waals surface area contributed by atoms with Crippen LogP contribution in [0.5, 0.6) is 0 Å². The number of aliphatic carboxylic acids is 1. The fourth-order valence-corrected chi connectivity index (χ4v) is 2.34. The highest BCUT2D eigenvalue weighted by Crippen LogP contribution is 2.25. The van der Waals surface area contributed by atoms with Crippen molar-refractivity contribution in [3.05, 3.63) is 0 Å². The molecule has 0 spiro atoms. The van der Waals surface area contributed by atoms with Crippen LogP contribution < -0.4 is 5.32 Å². The van der Waals surface area contributed by atoms with Crippen molar-refractivity contribution in [1.29, 1.82) is 0 Å². The lowest BCUT2D eigenvalue weighted by molar-refractivity contribution is -0.148. The lowest BCUT2D eigenvalue weighted by atomic mass is 10.2. The molecule has 0 aromatic heterocycles. The molecule has 18 heavy (non-hydrogen) atoms. The van der Waals surface area contributed by atoms with Gasteiger partial charge in [-0.2, -0.15) is 0 Å². The smallest absolute Gasteiger partial charge is 0.334 e. The number of carbonyl (C=O) groups excluding carboxylic acids is 1. The van der Waals surface area contributed by atoms with Crippen molar-refractivity contribution in [3.8, 4) is 0 Å². The number of ether oxygens (including phenoxy) is 2. The molecule has 2 fully saturated rings. The third kappa shape index (κ3) is 2.91. The van der Waals surface area contributed by atoms with Crippen LogP contribution >= 0.6 is 0 Å². The van der Waals surface area contributed by atoms with Gasteiger partial charge in [-0.1, -0.05) is 0 Å². The van der Waals surface area contributed by atoms with E-state index in [1.807, 2.05) is 0 Å². The molecule has 2 aliphatic rings. The molecular weight excluding hydrogens is 240 g/mol. The van der Waals surface area contributed by atoms with Gasteiger partial charge in [0.1, 0.15) is 0 Å². The third-order valence-electron chi connectivity index (χ3n) is 3.33. The third-order valence-corrected chi connectivity index (χ3v) is 3.33. The molecule has 2 aliphatic heterocycles. The van der Waals surface area contributed by atoms with Gasteiger partial charge in [0.25, 0.3) is 0 Å². The zero-order valence-corrected chi connectivity index (χ0v) is 10.3. The second-order valence-electron chi connectivity index (χ2n) is 4.61. The normalized spacial score (nSPS) is 27.9. The highest BCUT2D eigenvalue weighted by molar-refractivity contribution is 5.77. The van der Waals surface area contributed by atoms with Gasteiger partial charge in [0.2, 0.25) is 0 Å². The van der Waals surface area contributed by atoms with E-state index in [-0.39, 0.29) is 24.8 Å². The van der Waals surface area contributed by atoms with Gasteiger partial charge >= 0.3 is 12.0 Å². The number of urea groups is 1. The molecular formula is C11H18N2O5. The van der Waals surface area contributed by atoms with E-state index in [1.165, 1.54) is 7.11 Å². The van der Waals surface area contributed by atoms with E-state index in [0.717, 1.165) is 12.8 Å². The number of nitrogens with zero attached hydrogens (tertiary/aromatic N) is 1. The van der Waals surface area contributed by atoms with Gasteiger partial charge in [-0.05, 0) is 12.8 Å². The Labute approximate surface area is 105 Å². The first-order valence-corrected chi connectivity index (χ1v) is 6.04. The Hall–Kier alpha value is -1.34. The van der Waals surface area contributed by atoms with E-state index < -0.39 is 12.1 Å². The molecule has 2 amide bonds. The van der Waals surface area contributed by atoms with Crippen molar-refractivity contribution in [2.45, 2.75) is 31.2 Å². The van der Waals surface area contributed by atoms with Crippen molar-refractivity contribution in [3.63, 3.8) is 0 Å². The number of carboxylic acid groups (broad SMARTS) is 1. The zero-order chi connectivity index (χ0) is 13.1. The molecule has 7 nitrogen and oxygen atoms in total. The summed E-state index contributed by atoms with van der Waals surface area (Å²) >= 11 is 0. The molecule has 0 aliphatic carbocycles. The van der Waals surface area contributed by atoms with Crippen LogP contribution in [0.3, 0.4) is 0 Å². The van der Waals surface area contributed by atoms with E-state index in [0.29, 0.717) is 13.1 Å². The van der Waals surface area contributed by atoms with Gasteiger partial charge in [0.05, 0.1) is 18.8 Å². The molecule has 2 heterocycles. The van der Waals surface area contributed by atoms with Gasteiger partial charge in [0.15, 0.2) is 6.10 Å². The molecule has 2 N–H and O–H groups in total. The number of rotatable bonds is 4. The number of hydrogen-bond donors (Lipinski definition) is 2. The number of carboxylic acids is 1. The molecule has 0 saturated carbocycles. The van der Waals surface area contributed by atoms with E-state index in [9.17, 15) is 9.59 Å². The summed E-state index contributed by atoms with van der Waals surface area (Å²) in [4.78, 5) is 24.3. The maximum Gasteiger partial charge on any atom is 0.334 e. The molecule has 2 rings (SSSR count). The summed E-state index contributed by atoms with van der Waals surface area (Å²) < 4.78 is 10.4. The first kappa shape index (κ1) is 13.1. The summed E-state index contributed by atoms with van der Waals surface area (Å²) in [5.74, 6) is -1.08. The predicted molar refractivity (Wildman–Crippen MR) is 61.3 cm³/mol. The number of fused-ring (bicyclic) bond motifs is 2. The van der Waals surface area contributed by atoms with Crippen LogP contribution in [0.15, 0.2) is 0 Å². The number of methoxy groups -OCH3 is 1. The zero-order valence-electron chi connectivity index (χ0n) is 10.3. The molecule has 0 aromatic rings. The molecule has 102 valence electrons.